The maximum atomic E-state index is 11.0. The zero-order chi connectivity index (χ0) is 35.0. The summed E-state index contributed by atoms with van der Waals surface area (Å²) in [7, 11) is 0. The molecule has 6 heteroatoms. The second-order valence-electron chi connectivity index (χ2n) is 15.5. The molecule has 8 rings (SSSR count). The van der Waals surface area contributed by atoms with Crippen LogP contribution in [0.2, 0.25) is 0 Å². The standard InChI is InChI=1S/C45H40N3O2.Pt/c1-27-25-50-42-40(27)41(46-26-47-42)28-12-10-13-31(22-28)45(39-17-11-15-37(48-39)34-14-8-9-16-38(34)49)35-23-29(43(2,3)4)18-20-32(35)33-21-19-30(24-36(33)45)44(5,6)7;/h8-21,23-26,49H,1-7H3;/q-1;. The van der Waals surface area contributed by atoms with E-state index in [0.29, 0.717) is 17.0 Å². The first-order valence-corrected chi connectivity index (χ1v) is 17.2. The molecule has 0 bridgehead atoms. The van der Waals surface area contributed by atoms with Gasteiger partial charge < -0.3 is 9.52 Å². The molecule has 0 saturated carbocycles. The van der Waals surface area contributed by atoms with E-state index >= 15 is 0 Å². The molecule has 0 radical (unpaired) electrons. The van der Waals surface area contributed by atoms with Gasteiger partial charge >= 0.3 is 0 Å². The first kappa shape index (κ1) is 34.6. The van der Waals surface area contributed by atoms with Gasteiger partial charge in [0.2, 0.25) is 5.71 Å². The molecule has 0 fully saturated rings. The molecule has 0 aliphatic heterocycles. The van der Waals surface area contributed by atoms with Gasteiger partial charge in [-0.25, -0.2) is 4.98 Å². The minimum absolute atomic E-state index is 0. The number of aromatic nitrogens is 3. The van der Waals surface area contributed by atoms with Crippen LogP contribution in [-0.2, 0) is 37.3 Å². The van der Waals surface area contributed by atoms with Crippen molar-refractivity contribution in [2.45, 2.75) is 64.7 Å². The van der Waals surface area contributed by atoms with Crippen LogP contribution in [0, 0.1) is 13.0 Å². The summed E-state index contributed by atoms with van der Waals surface area (Å²) < 4.78 is 5.78. The summed E-state index contributed by atoms with van der Waals surface area (Å²) in [6.07, 6.45) is 3.29. The molecular weight excluding hydrogens is 810 g/mol. The minimum Gasteiger partial charge on any atom is -0.507 e. The summed E-state index contributed by atoms with van der Waals surface area (Å²) in [5.41, 5.74) is 12.5. The fraction of sp³-hybridized carbons (Fsp3) is 0.222. The molecular formula is C45H40N3O2Pt-. The van der Waals surface area contributed by atoms with Gasteiger partial charge in [0.1, 0.15) is 12.1 Å². The molecule has 0 spiro atoms. The topological polar surface area (TPSA) is 72.0 Å². The maximum absolute atomic E-state index is 11.0. The molecule has 5 nitrogen and oxygen atoms in total. The van der Waals surface area contributed by atoms with Crippen LogP contribution in [0.15, 0.2) is 114 Å². The fourth-order valence-corrected chi connectivity index (χ4v) is 7.49. The van der Waals surface area contributed by atoms with E-state index in [0.717, 1.165) is 44.6 Å². The molecule has 0 amide bonds. The van der Waals surface area contributed by atoms with Crippen molar-refractivity contribution in [3.05, 3.63) is 155 Å². The Morgan fingerprint density at radius 3 is 2.00 bits per heavy atom. The van der Waals surface area contributed by atoms with E-state index in [9.17, 15) is 5.11 Å². The van der Waals surface area contributed by atoms with E-state index < -0.39 is 5.41 Å². The van der Waals surface area contributed by atoms with Crippen LogP contribution in [-0.4, -0.2) is 20.1 Å². The third kappa shape index (κ3) is 5.54. The first-order chi connectivity index (χ1) is 23.9. The Bertz CT molecular complexity index is 2380. The second-order valence-corrected chi connectivity index (χ2v) is 15.5. The Balaban J connectivity index is 0.00000406. The average molecular weight is 850 g/mol. The number of hydrogen-bond acceptors (Lipinski definition) is 5. The van der Waals surface area contributed by atoms with Gasteiger partial charge in [0.05, 0.1) is 23.1 Å². The van der Waals surface area contributed by atoms with Gasteiger partial charge in [-0.15, -0.1) is 35.4 Å². The molecule has 7 aromatic rings. The third-order valence-corrected chi connectivity index (χ3v) is 10.2. The van der Waals surface area contributed by atoms with Crippen LogP contribution < -0.4 is 0 Å². The van der Waals surface area contributed by atoms with E-state index in [2.05, 4.69) is 119 Å². The van der Waals surface area contributed by atoms with Gasteiger partial charge in [-0.2, -0.15) is 0 Å². The average Bonchev–Trinajstić information content (AvgIpc) is 3.63. The third-order valence-electron chi connectivity index (χ3n) is 10.2. The number of phenols is 1. The molecule has 4 aromatic carbocycles. The SMILES string of the molecule is Cc1coc2ncnc(-c3[c-]c(C4(c5cccc(-c6ccccc6O)n5)c5cc(C(C)(C)C)ccc5-c5ccc(C(C)(C)C)cc54)ccc3)c12.[Pt]. The second kappa shape index (κ2) is 12.4. The monoisotopic (exact) mass is 849 g/mol. The summed E-state index contributed by atoms with van der Waals surface area (Å²) in [5, 5.41) is 11.8. The first-order valence-electron chi connectivity index (χ1n) is 17.2. The van der Waals surface area contributed by atoms with Crippen LogP contribution in [0.5, 0.6) is 5.75 Å². The van der Waals surface area contributed by atoms with Crippen molar-refractivity contribution in [3.63, 3.8) is 0 Å². The fourth-order valence-electron chi connectivity index (χ4n) is 7.49. The summed E-state index contributed by atoms with van der Waals surface area (Å²) in [6, 6.07) is 37.6. The van der Waals surface area contributed by atoms with E-state index in [1.54, 1.807) is 18.7 Å². The van der Waals surface area contributed by atoms with Crippen molar-refractivity contribution in [1.82, 2.24) is 15.0 Å². The number of pyridine rings is 1. The zero-order valence-electron chi connectivity index (χ0n) is 29.9. The molecule has 1 aliphatic rings. The Labute approximate surface area is 314 Å². The number of rotatable bonds is 4. The van der Waals surface area contributed by atoms with E-state index in [4.69, 9.17) is 14.4 Å². The number of aromatic hydroxyl groups is 1. The molecule has 3 heterocycles. The van der Waals surface area contributed by atoms with Gasteiger partial charge in [-0.3, -0.25) is 9.97 Å². The number of phenolic OH excluding ortho intramolecular Hbond substituents is 1. The normalized spacial score (nSPS) is 13.5. The quantitative estimate of drug-likeness (QED) is 0.179. The van der Waals surface area contributed by atoms with Crippen molar-refractivity contribution in [3.8, 4) is 39.4 Å². The van der Waals surface area contributed by atoms with Crippen LogP contribution in [0.25, 0.3) is 44.7 Å². The van der Waals surface area contributed by atoms with Crippen molar-refractivity contribution in [2.24, 2.45) is 0 Å². The number of nitrogens with zero attached hydrogens (tertiary/aromatic N) is 3. The van der Waals surface area contributed by atoms with E-state index in [-0.39, 0.29) is 37.6 Å². The predicted molar refractivity (Wildman–Crippen MR) is 200 cm³/mol. The molecule has 3 aromatic heterocycles. The van der Waals surface area contributed by atoms with Gasteiger partial charge in [-0.1, -0.05) is 96.1 Å². The van der Waals surface area contributed by atoms with Crippen molar-refractivity contribution >= 4 is 11.1 Å². The number of furan rings is 1. The van der Waals surface area contributed by atoms with Gasteiger partial charge in [-0.05, 0) is 81.0 Å². The van der Waals surface area contributed by atoms with Gasteiger partial charge in [0.25, 0.3) is 0 Å². The van der Waals surface area contributed by atoms with Crippen molar-refractivity contribution < 1.29 is 30.6 Å². The van der Waals surface area contributed by atoms with Crippen LogP contribution in [0.3, 0.4) is 0 Å². The molecule has 258 valence electrons. The maximum Gasteiger partial charge on any atom is 0.220 e. The van der Waals surface area contributed by atoms with Crippen LogP contribution in [0.1, 0.15) is 80.6 Å². The zero-order valence-corrected chi connectivity index (χ0v) is 32.2. The molecule has 0 unspecified atom stereocenters. The number of hydrogen-bond donors (Lipinski definition) is 1. The largest absolute Gasteiger partial charge is 0.507 e. The van der Waals surface area contributed by atoms with Crippen LogP contribution >= 0.6 is 0 Å². The molecule has 1 aliphatic carbocycles. The Morgan fingerprint density at radius 2 is 1.35 bits per heavy atom. The predicted octanol–water partition coefficient (Wildman–Crippen LogP) is 10.7. The Morgan fingerprint density at radius 1 is 0.706 bits per heavy atom. The summed E-state index contributed by atoms with van der Waals surface area (Å²) >= 11 is 0. The minimum atomic E-state index is -0.846. The molecule has 1 N–H and O–H groups in total. The number of aryl methyl sites for hydroxylation is 1. The molecule has 0 atom stereocenters. The van der Waals surface area contributed by atoms with Crippen LogP contribution in [0.4, 0.5) is 0 Å². The molecule has 51 heavy (non-hydrogen) atoms. The van der Waals surface area contributed by atoms with E-state index in [1.165, 1.54) is 22.3 Å². The summed E-state index contributed by atoms with van der Waals surface area (Å²) in [4.78, 5) is 14.6. The Hall–Kier alpha value is -4.86. The van der Waals surface area contributed by atoms with E-state index in [1.807, 2.05) is 31.2 Å². The molecule has 0 saturated heterocycles. The summed E-state index contributed by atoms with van der Waals surface area (Å²) in [5.74, 6) is 0.195. The van der Waals surface area contributed by atoms with Crippen molar-refractivity contribution in [1.29, 1.82) is 0 Å². The number of para-hydroxylation sites is 1. The van der Waals surface area contributed by atoms with Gasteiger partial charge in [0, 0.05) is 37.7 Å². The van der Waals surface area contributed by atoms with Gasteiger partial charge in [0.15, 0.2) is 0 Å². The number of fused-ring (bicyclic) bond motifs is 4. The Kier molecular flexibility index (Phi) is 8.42. The number of benzene rings is 4. The summed E-state index contributed by atoms with van der Waals surface area (Å²) in [6.45, 7) is 15.6. The smallest absolute Gasteiger partial charge is 0.220 e. The van der Waals surface area contributed by atoms with Crippen molar-refractivity contribution in [2.75, 3.05) is 0 Å².